The number of nitrogens with zero attached hydrogens (tertiary/aromatic N) is 1. The molecule has 184 valence electrons. The number of carboxylic acids is 1. The molecule has 2 N–H and O–H groups in total. The second kappa shape index (κ2) is 9.36. The molecule has 3 aliphatic rings. The summed E-state index contributed by atoms with van der Waals surface area (Å²) < 4.78 is 5.69. The third-order valence-electron chi connectivity index (χ3n) is 7.99. The molecule has 0 heterocycles. The van der Waals surface area contributed by atoms with E-state index < -0.39 is 17.5 Å². The zero-order valence-corrected chi connectivity index (χ0v) is 20.0. The highest BCUT2D eigenvalue weighted by Crippen LogP contribution is 2.64. The van der Waals surface area contributed by atoms with Crippen molar-refractivity contribution in [1.82, 2.24) is 10.2 Å². The molecule has 3 aliphatic carbocycles. The minimum Gasteiger partial charge on any atom is -0.481 e. The van der Waals surface area contributed by atoms with Crippen molar-refractivity contribution >= 4 is 18.0 Å². The van der Waals surface area contributed by atoms with Crippen LogP contribution in [0.3, 0.4) is 0 Å². The molecule has 0 spiro atoms. The number of aliphatic carboxylic acids is 1. The summed E-state index contributed by atoms with van der Waals surface area (Å²) in [5.41, 5.74) is 4.33. The highest BCUT2D eigenvalue weighted by Gasteiger charge is 2.65. The molecular formula is C28H32N2O5. The Hall–Kier alpha value is -3.35. The molecule has 0 unspecified atom stereocenters. The van der Waals surface area contributed by atoms with E-state index in [1.807, 2.05) is 31.2 Å². The second-order valence-electron chi connectivity index (χ2n) is 10.0. The van der Waals surface area contributed by atoms with Crippen LogP contribution in [0.4, 0.5) is 4.79 Å². The van der Waals surface area contributed by atoms with Gasteiger partial charge in [-0.3, -0.25) is 9.59 Å². The number of carbonyl (C=O) groups excluding carboxylic acids is 2. The minimum atomic E-state index is -0.843. The van der Waals surface area contributed by atoms with Crippen LogP contribution in [0.1, 0.15) is 56.1 Å². The van der Waals surface area contributed by atoms with Gasteiger partial charge in [-0.05, 0) is 60.8 Å². The van der Waals surface area contributed by atoms with Gasteiger partial charge in [0.15, 0.2) is 0 Å². The number of carbonyl (C=O) groups is 3. The first-order valence-corrected chi connectivity index (χ1v) is 12.6. The predicted molar refractivity (Wildman–Crippen MR) is 131 cm³/mol. The Morgan fingerprint density at radius 1 is 1.06 bits per heavy atom. The van der Waals surface area contributed by atoms with Crippen molar-refractivity contribution in [3.05, 3.63) is 59.7 Å². The van der Waals surface area contributed by atoms with Crippen LogP contribution in [0.25, 0.3) is 11.1 Å². The maximum absolute atomic E-state index is 13.2. The average molecular weight is 477 g/mol. The molecule has 3 atom stereocenters. The summed E-state index contributed by atoms with van der Waals surface area (Å²) in [5.74, 6) is -0.444. The topological polar surface area (TPSA) is 95.9 Å². The van der Waals surface area contributed by atoms with Gasteiger partial charge in [-0.25, -0.2) is 4.79 Å². The van der Waals surface area contributed by atoms with Crippen molar-refractivity contribution in [1.29, 1.82) is 0 Å². The maximum atomic E-state index is 13.2. The van der Waals surface area contributed by atoms with E-state index >= 15 is 0 Å². The fourth-order valence-electron chi connectivity index (χ4n) is 6.21. The Kier molecular flexibility index (Phi) is 6.26. The monoisotopic (exact) mass is 476 g/mol. The fourth-order valence-corrected chi connectivity index (χ4v) is 6.21. The second-order valence-corrected chi connectivity index (χ2v) is 10.0. The normalized spacial score (nSPS) is 23.7. The lowest BCUT2D eigenvalue weighted by atomic mass is 9.98. The van der Waals surface area contributed by atoms with Crippen LogP contribution in [-0.2, 0) is 14.3 Å². The number of ether oxygens (including phenoxy) is 1. The smallest absolute Gasteiger partial charge is 0.407 e. The molecular weight excluding hydrogens is 444 g/mol. The largest absolute Gasteiger partial charge is 0.481 e. The van der Waals surface area contributed by atoms with E-state index in [-0.39, 0.29) is 36.8 Å². The fraction of sp³-hybridized carbons (Fsp3) is 0.464. The van der Waals surface area contributed by atoms with Gasteiger partial charge >= 0.3 is 12.1 Å². The maximum Gasteiger partial charge on any atom is 0.407 e. The number of rotatable bonds is 9. The van der Waals surface area contributed by atoms with E-state index in [2.05, 4.69) is 29.6 Å². The highest BCUT2D eigenvalue weighted by atomic mass is 16.5. The summed E-state index contributed by atoms with van der Waals surface area (Å²) in [6.07, 6.45) is 2.33. The van der Waals surface area contributed by atoms with Gasteiger partial charge in [0.2, 0.25) is 5.91 Å². The highest BCUT2D eigenvalue weighted by molar-refractivity contribution is 5.87. The molecule has 2 aromatic rings. The van der Waals surface area contributed by atoms with E-state index in [4.69, 9.17) is 9.84 Å². The molecule has 7 nitrogen and oxygen atoms in total. The van der Waals surface area contributed by atoms with Gasteiger partial charge in [-0.15, -0.1) is 0 Å². The Morgan fingerprint density at radius 2 is 1.71 bits per heavy atom. The lowest BCUT2D eigenvalue weighted by molar-refractivity contribution is -0.140. The van der Waals surface area contributed by atoms with Gasteiger partial charge in [0.25, 0.3) is 0 Å². The third kappa shape index (κ3) is 4.40. The van der Waals surface area contributed by atoms with E-state index in [1.165, 1.54) is 22.3 Å². The van der Waals surface area contributed by atoms with E-state index in [9.17, 15) is 14.4 Å². The zero-order chi connectivity index (χ0) is 24.6. The molecule has 2 aromatic carbocycles. The summed E-state index contributed by atoms with van der Waals surface area (Å²) in [4.78, 5) is 38.5. The Labute approximate surface area is 205 Å². The van der Waals surface area contributed by atoms with Gasteiger partial charge in [0.1, 0.15) is 6.61 Å². The SMILES string of the molecule is CCN(CCCC(=O)O)C(=O)[C@]12C[C@H](NC(=O)OCC3c4ccccc4-c4ccccc43)C[C@H]1C2. The van der Waals surface area contributed by atoms with Crippen LogP contribution in [-0.4, -0.2) is 53.7 Å². The molecule has 0 bridgehead atoms. The van der Waals surface area contributed by atoms with Crippen LogP contribution in [0, 0.1) is 11.3 Å². The Balaban J connectivity index is 1.15. The first-order valence-electron chi connectivity index (χ1n) is 12.6. The predicted octanol–water partition coefficient (Wildman–Crippen LogP) is 4.41. The van der Waals surface area contributed by atoms with Crippen molar-refractivity contribution in [3.8, 4) is 11.1 Å². The number of hydrogen-bond acceptors (Lipinski definition) is 4. The molecule has 35 heavy (non-hydrogen) atoms. The number of hydrogen-bond donors (Lipinski definition) is 2. The van der Waals surface area contributed by atoms with Gasteiger partial charge in [0.05, 0.1) is 5.41 Å². The van der Waals surface area contributed by atoms with Crippen LogP contribution in [0.5, 0.6) is 0 Å². The summed E-state index contributed by atoms with van der Waals surface area (Å²) in [5, 5.41) is 11.9. The number of carboxylic acid groups (broad SMARTS) is 1. The lowest BCUT2D eigenvalue weighted by Gasteiger charge is -2.26. The molecule has 7 heteroatoms. The number of amides is 2. The van der Waals surface area contributed by atoms with Gasteiger partial charge in [-0.1, -0.05) is 48.5 Å². The van der Waals surface area contributed by atoms with Crippen molar-refractivity contribution in [3.63, 3.8) is 0 Å². The lowest BCUT2D eigenvalue weighted by Crippen LogP contribution is -2.40. The molecule has 2 amide bonds. The first-order chi connectivity index (χ1) is 16.9. The quantitative estimate of drug-likeness (QED) is 0.559. The number of alkyl carbamates (subject to hydrolysis) is 1. The van der Waals surface area contributed by atoms with Crippen LogP contribution in [0.2, 0.25) is 0 Å². The molecule has 5 rings (SSSR count). The number of nitrogens with one attached hydrogen (secondary N) is 1. The van der Waals surface area contributed by atoms with E-state index in [0.717, 1.165) is 12.8 Å². The van der Waals surface area contributed by atoms with E-state index in [1.54, 1.807) is 4.90 Å². The van der Waals surface area contributed by atoms with Crippen molar-refractivity contribution in [2.24, 2.45) is 11.3 Å². The number of benzene rings is 2. The summed E-state index contributed by atoms with van der Waals surface area (Å²) in [6.45, 7) is 3.22. The Morgan fingerprint density at radius 3 is 2.34 bits per heavy atom. The average Bonchev–Trinajstić information content (AvgIpc) is 3.27. The van der Waals surface area contributed by atoms with Gasteiger partial charge in [-0.2, -0.15) is 0 Å². The summed E-state index contributed by atoms with van der Waals surface area (Å²) in [7, 11) is 0. The molecule has 2 fully saturated rings. The van der Waals surface area contributed by atoms with Crippen molar-refractivity contribution in [2.45, 2.75) is 51.0 Å². The number of fused-ring (bicyclic) bond motifs is 4. The minimum absolute atomic E-state index is 0.0157. The Bertz CT molecular complexity index is 1100. The first kappa shape index (κ1) is 23.4. The van der Waals surface area contributed by atoms with Crippen LogP contribution in [0.15, 0.2) is 48.5 Å². The van der Waals surface area contributed by atoms with Gasteiger partial charge in [0, 0.05) is 31.5 Å². The summed E-state index contributed by atoms with van der Waals surface area (Å²) >= 11 is 0. The van der Waals surface area contributed by atoms with Gasteiger partial charge < -0.3 is 20.1 Å². The van der Waals surface area contributed by atoms with Crippen LogP contribution >= 0.6 is 0 Å². The molecule has 0 saturated heterocycles. The van der Waals surface area contributed by atoms with Crippen molar-refractivity contribution in [2.75, 3.05) is 19.7 Å². The standard InChI is InChI=1S/C28H32N2O5/c1-2-30(13-7-12-25(31)32)26(33)28-15-18(28)14-19(16-28)29-27(34)35-17-24-22-10-5-3-8-20(22)21-9-4-6-11-23(21)24/h3-6,8-11,18-19,24H,2,7,12-17H2,1H3,(H,29,34)(H,31,32)/t18-,19+,28+/m0/s1. The zero-order valence-electron chi connectivity index (χ0n) is 20.0. The molecule has 2 saturated carbocycles. The molecule has 0 aliphatic heterocycles. The van der Waals surface area contributed by atoms with E-state index in [0.29, 0.717) is 25.9 Å². The molecule has 0 radical (unpaired) electrons. The third-order valence-corrected chi connectivity index (χ3v) is 7.99. The van der Waals surface area contributed by atoms with Crippen molar-refractivity contribution < 1.29 is 24.2 Å². The van der Waals surface area contributed by atoms with Crippen LogP contribution < -0.4 is 5.32 Å². The molecule has 0 aromatic heterocycles. The summed E-state index contributed by atoms with van der Waals surface area (Å²) in [6, 6.07) is 16.4.